The zero-order valence-electron chi connectivity index (χ0n) is 20.6. The van der Waals surface area contributed by atoms with Crippen molar-refractivity contribution in [1.82, 2.24) is 23.7 Å². The maximum Gasteiger partial charge on any atom is 0.186 e. The van der Waals surface area contributed by atoms with E-state index in [4.69, 9.17) is 0 Å². The van der Waals surface area contributed by atoms with Crippen LogP contribution in [0.3, 0.4) is 0 Å². The number of piperidine rings is 1. The van der Waals surface area contributed by atoms with Crippen LogP contribution in [0.5, 0.6) is 0 Å². The molecule has 2 aliphatic rings. The lowest BCUT2D eigenvalue weighted by molar-refractivity contribution is 0.0682. The smallest absolute Gasteiger partial charge is 0.186 e. The van der Waals surface area contributed by atoms with Crippen molar-refractivity contribution in [1.29, 1.82) is 0 Å². The fourth-order valence-corrected chi connectivity index (χ4v) is 7.37. The summed E-state index contributed by atoms with van der Waals surface area (Å²) < 4.78 is 31.4. The van der Waals surface area contributed by atoms with Gasteiger partial charge in [-0.3, -0.25) is 0 Å². The van der Waals surface area contributed by atoms with Gasteiger partial charge in [-0.2, -0.15) is 0 Å². The maximum atomic E-state index is 13.3. The van der Waals surface area contributed by atoms with Gasteiger partial charge >= 0.3 is 0 Å². The number of likely N-dealkylation sites (N-methyl/N-ethyl adjacent to an activating group) is 1. The van der Waals surface area contributed by atoms with Crippen LogP contribution >= 0.6 is 11.3 Å². The molecular formula is C25H33FN6O2S2. The van der Waals surface area contributed by atoms with Crippen LogP contribution in [0, 0.1) is 11.2 Å². The lowest BCUT2D eigenvalue weighted by atomic mass is 9.76. The van der Waals surface area contributed by atoms with Crippen LogP contribution in [0.2, 0.25) is 0 Å². The Kier molecular flexibility index (Phi) is 7.82. The Morgan fingerprint density at radius 3 is 2.50 bits per heavy atom. The summed E-state index contributed by atoms with van der Waals surface area (Å²) in [6.45, 7) is 5.89. The summed E-state index contributed by atoms with van der Waals surface area (Å²) in [5, 5.41) is 11.3. The first-order chi connectivity index (χ1) is 17.4. The van der Waals surface area contributed by atoms with E-state index in [1.807, 2.05) is 10.5 Å². The van der Waals surface area contributed by atoms with Crippen molar-refractivity contribution < 1.29 is 13.7 Å². The Balaban J connectivity index is 1.20. The molecule has 2 fully saturated rings. The third-order valence-corrected chi connectivity index (χ3v) is 10.2. The van der Waals surface area contributed by atoms with Gasteiger partial charge in [0, 0.05) is 69.7 Å². The molecule has 1 unspecified atom stereocenters. The van der Waals surface area contributed by atoms with Crippen molar-refractivity contribution in [3.63, 3.8) is 0 Å². The SMILES string of the molecule is CN1CCN(c2ncc(S(=O)N3CCC(CO)(Cc4cncn4Cc4ccc(F)cc4)CC3)s2)CC1. The second-order valence-corrected chi connectivity index (χ2v) is 12.6. The van der Waals surface area contributed by atoms with Crippen molar-refractivity contribution in [3.8, 4) is 0 Å². The molecule has 4 heterocycles. The number of rotatable bonds is 8. The highest BCUT2D eigenvalue weighted by Crippen LogP contribution is 2.37. The van der Waals surface area contributed by atoms with E-state index in [0.29, 0.717) is 26.1 Å². The van der Waals surface area contributed by atoms with Crippen molar-refractivity contribution in [2.45, 2.75) is 30.0 Å². The topological polar surface area (TPSA) is 77.7 Å². The van der Waals surface area contributed by atoms with Crippen LogP contribution in [0.1, 0.15) is 24.1 Å². The molecule has 5 rings (SSSR count). The van der Waals surface area contributed by atoms with E-state index < -0.39 is 11.0 Å². The number of nitrogens with zero attached hydrogens (tertiary/aromatic N) is 6. The Morgan fingerprint density at radius 2 is 1.81 bits per heavy atom. The highest BCUT2D eigenvalue weighted by atomic mass is 32.2. The van der Waals surface area contributed by atoms with Crippen LogP contribution in [0.15, 0.2) is 47.2 Å². The summed E-state index contributed by atoms with van der Waals surface area (Å²) in [5.74, 6) is -0.248. The number of aliphatic hydroxyl groups is 1. The largest absolute Gasteiger partial charge is 0.396 e. The Morgan fingerprint density at radius 1 is 1.08 bits per heavy atom. The molecule has 1 aromatic carbocycles. The molecule has 2 aliphatic heterocycles. The molecule has 0 bridgehead atoms. The van der Waals surface area contributed by atoms with Crippen LogP contribution in [0.25, 0.3) is 0 Å². The monoisotopic (exact) mass is 532 g/mol. The molecule has 2 saturated heterocycles. The summed E-state index contributed by atoms with van der Waals surface area (Å²) in [7, 11) is 0.882. The van der Waals surface area contributed by atoms with E-state index in [2.05, 4.69) is 31.4 Å². The lowest BCUT2D eigenvalue weighted by Crippen LogP contribution is -2.44. The fourth-order valence-electron chi connectivity index (χ4n) is 4.93. The number of hydrogen-bond donors (Lipinski definition) is 1. The first-order valence-corrected chi connectivity index (χ1v) is 14.3. The van der Waals surface area contributed by atoms with E-state index in [9.17, 15) is 13.7 Å². The molecular weight excluding hydrogens is 499 g/mol. The van der Waals surface area contributed by atoms with Gasteiger partial charge in [-0.15, -0.1) is 0 Å². The van der Waals surface area contributed by atoms with Gasteiger partial charge in [-0.05, 0) is 44.0 Å². The number of thiazole rings is 1. The molecule has 0 aliphatic carbocycles. The molecule has 0 spiro atoms. The average Bonchev–Trinajstić information content (AvgIpc) is 3.56. The van der Waals surface area contributed by atoms with E-state index in [1.165, 1.54) is 23.5 Å². The van der Waals surface area contributed by atoms with Gasteiger partial charge < -0.3 is 19.5 Å². The fraction of sp³-hybridized carbons (Fsp3) is 0.520. The number of imidazole rings is 1. The van der Waals surface area contributed by atoms with Gasteiger partial charge in [0.05, 0.1) is 12.5 Å². The van der Waals surface area contributed by atoms with Gasteiger partial charge in [0.1, 0.15) is 21.0 Å². The van der Waals surface area contributed by atoms with E-state index in [1.54, 1.807) is 24.7 Å². The zero-order chi connectivity index (χ0) is 25.1. The second kappa shape index (κ2) is 11.1. The summed E-state index contributed by atoms with van der Waals surface area (Å²) in [6, 6.07) is 6.50. The van der Waals surface area contributed by atoms with Gasteiger partial charge in [-0.25, -0.2) is 22.9 Å². The number of piperazine rings is 1. The molecule has 0 amide bonds. The number of aromatic nitrogens is 3. The molecule has 3 aromatic rings. The molecule has 1 atom stereocenters. The summed E-state index contributed by atoms with van der Waals surface area (Å²) in [5.41, 5.74) is 1.77. The standard InChI is InChI=1S/C25H33FN6O2S2/c1-29-10-12-30(13-11-29)24-28-16-23(35-24)36(34)32-8-6-25(18-33,7-9-32)14-22-15-27-19-31(22)17-20-2-4-21(26)5-3-20/h2-5,15-16,19,33H,6-14,17-18H2,1H3. The van der Waals surface area contributed by atoms with Crippen LogP contribution in [0.4, 0.5) is 9.52 Å². The van der Waals surface area contributed by atoms with Gasteiger partial charge in [0.15, 0.2) is 5.13 Å². The second-order valence-electron chi connectivity index (χ2n) is 9.90. The van der Waals surface area contributed by atoms with Gasteiger partial charge in [0.2, 0.25) is 0 Å². The Bertz CT molecular complexity index is 1170. The van der Waals surface area contributed by atoms with Crippen LogP contribution in [-0.4, -0.2) is 86.0 Å². The minimum Gasteiger partial charge on any atom is -0.396 e. The van der Waals surface area contributed by atoms with Crippen LogP contribution < -0.4 is 4.90 Å². The number of benzene rings is 1. The molecule has 0 radical (unpaired) electrons. The van der Waals surface area contributed by atoms with E-state index >= 15 is 0 Å². The minimum atomic E-state index is -1.24. The first-order valence-electron chi connectivity index (χ1n) is 12.4. The summed E-state index contributed by atoms with van der Waals surface area (Å²) in [6.07, 6.45) is 7.59. The van der Waals surface area contributed by atoms with Crippen LogP contribution in [-0.2, 0) is 24.0 Å². The van der Waals surface area contributed by atoms with Gasteiger partial charge in [-0.1, -0.05) is 23.5 Å². The van der Waals surface area contributed by atoms with Crippen molar-refractivity contribution in [2.24, 2.45) is 5.41 Å². The predicted molar refractivity (Wildman–Crippen MR) is 140 cm³/mol. The summed E-state index contributed by atoms with van der Waals surface area (Å²) in [4.78, 5) is 13.5. The zero-order valence-corrected chi connectivity index (χ0v) is 22.2. The third kappa shape index (κ3) is 5.70. The minimum absolute atomic E-state index is 0.0727. The Labute approximate surface area is 218 Å². The first kappa shape index (κ1) is 25.5. The maximum absolute atomic E-state index is 13.3. The summed E-state index contributed by atoms with van der Waals surface area (Å²) >= 11 is 1.53. The molecule has 36 heavy (non-hydrogen) atoms. The molecule has 2 aromatic heterocycles. The van der Waals surface area contributed by atoms with Crippen molar-refractivity contribution >= 4 is 27.5 Å². The quantitative estimate of drug-likeness (QED) is 0.481. The number of anilines is 1. The lowest BCUT2D eigenvalue weighted by Gasteiger charge is -2.40. The number of aliphatic hydroxyl groups excluding tert-OH is 1. The third-order valence-electron chi connectivity index (χ3n) is 7.39. The molecule has 1 N–H and O–H groups in total. The average molecular weight is 533 g/mol. The number of halogens is 1. The van der Waals surface area contributed by atoms with Crippen molar-refractivity contribution in [2.75, 3.05) is 57.8 Å². The van der Waals surface area contributed by atoms with E-state index in [0.717, 1.165) is 59.6 Å². The van der Waals surface area contributed by atoms with Gasteiger partial charge in [0.25, 0.3) is 0 Å². The predicted octanol–water partition coefficient (Wildman–Crippen LogP) is 2.62. The normalized spacial score (nSPS) is 20.0. The highest BCUT2D eigenvalue weighted by molar-refractivity contribution is 7.85. The molecule has 0 saturated carbocycles. The molecule has 11 heteroatoms. The molecule has 8 nitrogen and oxygen atoms in total. The molecule has 194 valence electrons. The Hall–Kier alpha value is -2.18. The highest BCUT2D eigenvalue weighted by Gasteiger charge is 2.37. The van der Waals surface area contributed by atoms with E-state index in [-0.39, 0.29) is 17.8 Å². The number of hydrogen-bond acceptors (Lipinski definition) is 7. The van der Waals surface area contributed by atoms with Crippen molar-refractivity contribution in [3.05, 3.63) is 60.1 Å².